The number of rotatable bonds is 2. The third kappa shape index (κ3) is 1.49. The Morgan fingerprint density at radius 1 is 1.62 bits per heavy atom. The number of aromatic nitrogens is 1. The molecule has 0 amide bonds. The summed E-state index contributed by atoms with van der Waals surface area (Å²) in [4.78, 5) is 4.13. The van der Waals surface area contributed by atoms with Crippen LogP contribution in [0.5, 0.6) is 5.88 Å². The van der Waals surface area contributed by atoms with Crippen molar-refractivity contribution < 1.29 is 4.74 Å². The van der Waals surface area contributed by atoms with Crippen molar-refractivity contribution in [1.82, 2.24) is 10.3 Å². The Labute approximate surface area is 82.1 Å². The van der Waals surface area contributed by atoms with Gasteiger partial charge in [-0.2, -0.15) is 0 Å². The van der Waals surface area contributed by atoms with E-state index in [9.17, 15) is 0 Å². The Balaban J connectivity index is 2.39. The molecule has 2 heterocycles. The van der Waals surface area contributed by atoms with Crippen molar-refractivity contribution >= 4 is 11.6 Å². The first kappa shape index (κ1) is 8.78. The molecule has 0 aromatic carbocycles. The molecule has 1 aromatic rings. The van der Waals surface area contributed by atoms with Crippen LogP contribution in [-0.2, 0) is 0 Å². The highest BCUT2D eigenvalue weighted by Crippen LogP contribution is 2.33. The van der Waals surface area contributed by atoms with Crippen LogP contribution in [0.2, 0.25) is 5.02 Å². The molecule has 0 aliphatic carbocycles. The number of ether oxygens (including phenoxy) is 1. The summed E-state index contributed by atoms with van der Waals surface area (Å²) in [5.74, 6) is 1.11. The molecule has 0 atom stereocenters. The van der Waals surface area contributed by atoms with Crippen LogP contribution in [0.3, 0.4) is 0 Å². The van der Waals surface area contributed by atoms with E-state index in [0.717, 1.165) is 23.7 Å². The number of hydrogen-bond donors (Lipinski definition) is 1. The van der Waals surface area contributed by atoms with Gasteiger partial charge in [0, 0.05) is 30.8 Å². The van der Waals surface area contributed by atoms with Crippen LogP contribution in [0.25, 0.3) is 0 Å². The molecule has 3 nitrogen and oxygen atoms in total. The zero-order valence-electron chi connectivity index (χ0n) is 7.38. The molecule has 70 valence electrons. The quantitative estimate of drug-likeness (QED) is 0.781. The molecular formula is C9H11ClN2O. The van der Waals surface area contributed by atoms with E-state index in [1.54, 1.807) is 19.4 Å². The minimum absolute atomic E-state index is 0.455. The molecule has 0 spiro atoms. The molecule has 0 saturated carbocycles. The molecule has 2 rings (SSSR count). The number of hydrogen-bond acceptors (Lipinski definition) is 3. The molecule has 1 aliphatic rings. The maximum atomic E-state index is 6.07. The maximum Gasteiger partial charge on any atom is 0.218 e. The van der Waals surface area contributed by atoms with Crippen molar-refractivity contribution in [2.24, 2.45) is 0 Å². The number of nitrogens with zero attached hydrogens (tertiary/aromatic N) is 1. The second-order valence-corrected chi connectivity index (χ2v) is 3.48. The van der Waals surface area contributed by atoms with Gasteiger partial charge < -0.3 is 10.1 Å². The van der Waals surface area contributed by atoms with Gasteiger partial charge in [0.15, 0.2) is 0 Å². The first-order valence-electron chi connectivity index (χ1n) is 4.22. The molecule has 0 bridgehead atoms. The fraction of sp³-hybridized carbons (Fsp3) is 0.444. The summed E-state index contributed by atoms with van der Waals surface area (Å²) in [5, 5.41) is 3.94. The first-order valence-corrected chi connectivity index (χ1v) is 4.60. The molecule has 1 aromatic heterocycles. The zero-order chi connectivity index (χ0) is 9.26. The SMILES string of the molecule is COc1nccc(Cl)c1C1CNC1. The lowest BCUT2D eigenvalue weighted by Gasteiger charge is -2.28. The molecule has 1 aliphatic heterocycles. The van der Waals surface area contributed by atoms with E-state index in [1.165, 1.54) is 0 Å². The molecular weight excluding hydrogens is 188 g/mol. The summed E-state index contributed by atoms with van der Waals surface area (Å²) in [5.41, 5.74) is 1.03. The maximum absolute atomic E-state index is 6.07. The highest BCUT2D eigenvalue weighted by molar-refractivity contribution is 6.31. The average molecular weight is 199 g/mol. The van der Waals surface area contributed by atoms with E-state index < -0.39 is 0 Å². The van der Waals surface area contributed by atoms with Crippen LogP contribution in [0.4, 0.5) is 0 Å². The molecule has 0 unspecified atom stereocenters. The van der Waals surface area contributed by atoms with Gasteiger partial charge in [0.1, 0.15) is 0 Å². The van der Waals surface area contributed by atoms with E-state index in [0.29, 0.717) is 11.8 Å². The normalized spacial score (nSPS) is 16.8. The molecule has 1 saturated heterocycles. The summed E-state index contributed by atoms with van der Waals surface area (Å²) in [6.07, 6.45) is 1.66. The van der Waals surface area contributed by atoms with Gasteiger partial charge in [-0.1, -0.05) is 11.6 Å². The minimum atomic E-state index is 0.455. The topological polar surface area (TPSA) is 34.1 Å². The second kappa shape index (κ2) is 3.52. The van der Waals surface area contributed by atoms with Gasteiger partial charge in [-0.05, 0) is 6.07 Å². The lowest BCUT2D eigenvalue weighted by molar-refractivity contribution is 0.371. The summed E-state index contributed by atoms with van der Waals surface area (Å²) >= 11 is 6.07. The minimum Gasteiger partial charge on any atom is -0.481 e. The van der Waals surface area contributed by atoms with Gasteiger partial charge in [0.05, 0.1) is 12.1 Å². The molecule has 1 N–H and O–H groups in total. The van der Waals surface area contributed by atoms with Crippen molar-refractivity contribution in [3.05, 3.63) is 22.8 Å². The molecule has 13 heavy (non-hydrogen) atoms. The van der Waals surface area contributed by atoms with Gasteiger partial charge in [-0.3, -0.25) is 0 Å². The van der Waals surface area contributed by atoms with E-state index in [4.69, 9.17) is 16.3 Å². The third-order valence-corrected chi connectivity index (χ3v) is 2.61. The van der Waals surface area contributed by atoms with E-state index in [1.807, 2.05) is 0 Å². The largest absolute Gasteiger partial charge is 0.481 e. The predicted molar refractivity (Wildman–Crippen MR) is 51.4 cm³/mol. The monoisotopic (exact) mass is 198 g/mol. The number of halogens is 1. The predicted octanol–water partition coefficient (Wildman–Crippen LogP) is 1.43. The van der Waals surface area contributed by atoms with E-state index in [-0.39, 0.29) is 0 Å². The number of pyridine rings is 1. The second-order valence-electron chi connectivity index (χ2n) is 3.07. The number of nitrogens with one attached hydrogen (secondary N) is 1. The van der Waals surface area contributed by atoms with Crippen molar-refractivity contribution in [2.75, 3.05) is 20.2 Å². The van der Waals surface area contributed by atoms with Crippen molar-refractivity contribution in [3.8, 4) is 5.88 Å². The molecule has 1 fully saturated rings. The van der Waals surface area contributed by atoms with Crippen LogP contribution in [-0.4, -0.2) is 25.2 Å². The van der Waals surface area contributed by atoms with Crippen LogP contribution in [0, 0.1) is 0 Å². The third-order valence-electron chi connectivity index (χ3n) is 2.28. The summed E-state index contributed by atoms with van der Waals surface area (Å²) < 4.78 is 5.16. The van der Waals surface area contributed by atoms with Crippen LogP contribution in [0.1, 0.15) is 11.5 Å². The Bertz CT molecular complexity index is 312. The van der Waals surface area contributed by atoms with Gasteiger partial charge in [0.25, 0.3) is 0 Å². The Morgan fingerprint density at radius 2 is 2.38 bits per heavy atom. The van der Waals surface area contributed by atoms with Gasteiger partial charge in [-0.25, -0.2) is 4.98 Å². The fourth-order valence-electron chi connectivity index (χ4n) is 1.46. The van der Waals surface area contributed by atoms with Gasteiger partial charge in [-0.15, -0.1) is 0 Å². The smallest absolute Gasteiger partial charge is 0.218 e. The van der Waals surface area contributed by atoms with Crippen molar-refractivity contribution in [1.29, 1.82) is 0 Å². The van der Waals surface area contributed by atoms with E-state index >= 15 is 0 Å². The lowest BCUT2D eigenvalue weighted by Crippen LogP contribution is -2.40. The average Bonchev–Trinajstić information content (AvgIpc) is 2.05. The summed E-state index contributed by atoms with van der Waals surface area (Å²) in [6.45, 7) is 1.92. The van der Waals surface area contributed by atoms with E-state index in [2.05, 4.69) is 10.3 Å². The number of methoxy groups -OCH3 is 1. The van der Waals surface area contributed by atoms with Crippen LogP contribution in [0.15, 0.2) is 12.3 Å². The summed E-state index contributed by atoms with van der Waals surface area (Å²) in [7, 11) is 1.62. The first-order chi connectivity index (χ1) is 6.33. The highest BCUT2D eigenvalue weighted by atomic mass is 35.5. The Kier molecular flexibility index (Phi) is 2.38. The Hall–Kier alpha value is -0.800. The Morgan fingerprint density at radius 3 is 2.92 bits per heavy atom. The fourth-order valence-corrected chi connectivity index (χ4v) is 1.75. The van der Waals surface area contributed by atoms with Crippen LogP contribution < -0.4 is 10.1 Å². The standard InChI is InChI=1S/C9H11ClN2O/c1-13-9-8(6-4-11-5-6)7(10)2-3-12-9/h2-3,6,11H,4-5H2,1H3. The lowest BCUT2D eigenvalue weighted by atomic mass is 9.94. The molecule has 0 radical (unpaired) electrons. The van der Waals surface area contributed by atoms with Crippen LogP contribution >= 0.6 is 11.6 Å². The van der Waals surface area contributed by atoms with Crippen molar-refractivity contribution in [2.45, 2.75) is 5.92 Å². The highest BCUT2D eigenvalue weighted by Gasteiger charge is 2.25. The summed E-state index contributed by atoms with van der Waals surface area (Å²) in [6, 6.07) is 1.80. The van der Waals surface area contributed by atoms with Gasteiger partial charge >= 0.3 is 0 Å². The van der Waals surface area contributed by atoms with Gasteiger partial charge in [0.2, 0.25) is 5.88 Å². The molecule has 4 heteroatoms. The zero-order valence-corrected chi connectivity index (χ0v) is 8.14. The van der Waals surface area contributed by atoms with Crippen molar-refractivity contribution in [3.63, 3.8) is 0 Å².